The minimum Gasteiger partial charge on any atom is -0.356 e. The Hall–Kier alpha value is -0.530. The third-order valence-electron chi connectivity index (χ3n) is 8.16. The molecule has 6 aliphatic rings. The first-order chi connectivity index (χ1) is 10.7. The molecule has 6 bridgehead atoms. The molecular formula is C20H31NO. The Bertz CT molecular complexity index is 435. The van der Waals surface area contributed by atoms with Gasteiger partial charge in [-0.2, -0.15) is 0 Å². The lowest BCUT2D eigenvalue weighted by atomic mass is 9.49. The summed E-state index contributed by atoms with van der Waals surface area (Å²) in [5.41, 5.74) is 0.499. The van der Waals surface area contributed by atoms with Gasteiger partial charge in [-0.3, -0.25) is 4.79 Å². The maximum absolute atomic E-state index is 12.5. The standard InChI is InChI=1S/C20H31NO/c22-19(8-18-7-13-1-2-17(18)6-13)21-12-20-9-14-3-15(10-20)5-16(4-14)11-20/h13-18H,1-12H2,(H,21,22)/t13-,14?,15?,16?,17+,18-,20?/m1/s1. The smallest absolute Gasteiger partial charge is 0.220 e. The second kappa shape index (κ2) is 4.98. The van der Waals surface area contributed by atoms with Crippen molar-refractivity contribution >= 4 is 5.91 Å². The van der Waals surface area contributed by atoms with Crippen LogP contribution in [0.25, 0.3) is 0 Å². The lowest BCUT2D eigenvalue weighted by molar-refractivity contribution is -0.124. The van der Waals surface area contributed by atoms with Crippen LogP contribution in [0.3, 0.4) is 0 Å². The number of amides is 1. The normalized spacial score (nSPS) is 51.5. The van der Waals surface area contributed by atoms with Crippen molar-refractivity contribution in [2.45, 2.75) is 70.6 Å². The molecule has 0 aromatic heterocycles. The fourth-order valence-corrected chi connectivity index (χ4v) is 7.73. The molecule has 6 rings (SSSR count). The molecule has 0 unspecified atom stereocenters. The van der Waals surface area contributed by atoms with Crippen LogP contribution in [0.4, 0.5) is 0 Å². The molecule has 3 atom stereocenters. The zero-order valence-corrected chi connectivity index (χ0v) is 13.9. The predicted molar refractivity (Wildman–Crippen MR) is 87.2 cm³/mol. The van der Waals surface area contributed by atoms with Gasteiger partial charge in [0.15, 0.2) is 0 Å². The van der Waals surface area contributed by atoms with E-state index in [-0.39, 0.29) is 0 Å². The van der Waals surface area contributed by atoms with E-state index in [1.807, 2.05) is 0 Å². The van der Waals surface area contributed by atoms with E-state index in [2.05, 4.69) is 5.32 Å². The summed E-state index contributed by atoms with van der Waals surface area (Å²) in [6.45, 7) is 0.996. The van der Waals surface area contributed by atoms with Gasteiger partial charge in [-0.15, -0.1) is 0 Å². The van der Waals surface area contributed by atoms with Gasteiger partial charge in [0.2, 0.25) is 5.91 Å². The molecule has 22 heavy (non-hydrogen) atoms. The number of carbonyl (C=O) groups is 1. The summed E-state index contributed by atoms with van der Waals surface area (Å²) in [5, 5.41) is 3.39. The molecule has 2 heteroatoms. The minimum atomic E-state index is 0.369. The maximum atomic E-state index is 12.5. The van der Waals surface area contributed by atoms with Crippen LogP contribution in [-0.2, 0) is 4.79 Å². The minimum absolute atomic E-state index is 0.369. The Balaban J connectivity index is 1.16. The highest BCUT2D eigenvalue weighted by Crippen LogP contribution is 2.59. The highest BCUT2D eigenvalue weighted by atomic mass is 16.1. The van der Waals surface area contributed by atoms with Gasteiger partial charge in [0.05, 0.1) is 0 Å². The first-order valence-corrected chi connectivity index (χ1v) is 9.94. The van der Waals surface area contributed by atoms with E-state index in [9.17, 15) is 4.79 Å². The first-order valence-electron chi connectivity index (χ1n) is 9.94. The second-order valence-electron chi connectivity index (χ2n) is 9.83. The van der Waals surface area contributed by atoms with Crippen LogP contribution in [0.15, 0.2) is 0 Å². The molecule has 0 spiro atoms. The summed E-state index contributed by atoms with van der Waals surface area (Å²) in [6.07, 6.45) is 15.2. The van der Waals surface area contributed by atoms with E-state index >= 15 is 0 Å². The Morgan fingerprint density at radius 1 is 0.864 bits per heavy atom. The first kappa shape index (κ1) is 13.9. The van der Waals surface area contributed by atoms with Crippen LogP contribution >= 0.6 is 0 Å². The average molecular weight is 301 g/mol. The summed E-state index contributed by atoms with van der Waals surface area (Å²) in [4.78, 5) is 12.5. The fraction of sp³-hybridized carbons (Fsp3) is 0.950. The molecule has 1 amide bonds. The predicted octanol–water partition coefficient (Wildman–Crippen LogP) is 4.15. The third kappa shape index (κ3) is 2.32. The van der Waals surface area contributed by atoms with Gasteiger partial charge in [0, 0.05) is 13.0 Å². The Morgan fingerprint density at radius 3 is 2.09 bits per heavy atom. The number of nitrogens with one attached hydrogen (secondary N) is 1. The van der Waals surface area contributed by atoms with E-state index < -0.39 is 0 Å². The monoisotopic (exact) mass is 301 g/mol. The van der Waals surface area contributed by atoms with E-state index in [1.54, 1.807) is 0 Å². The van der Waals surface area contributed by atoms with Gasteiger partial charge in [-0.05, 0) is 98.7 Å². The number of fused-ring (bicyclic) bond motifs is 2. The SMILES string of the molecule is O=C(C[C@H]1C[C@@H]2CC[C@H]1C2)NCC12CC3CC(CC(C3)C1)C2. The molecular weight excluding hydrogens is 270 g/mol. The van der Waals surface area contributed by atoms with Gasteiger partial charge in [0.25, 0.3) is 0 Å². The van der Waals surface area contributed by atoms with Gasteiger partial charge < -0.3 is 5.32 Å². The molecule has 1 N–H and O–H groups in total. The van der Waals surface area contributed by atoms with Crippen LogP contribution in [0.1, 0.15) is 70.6 Å². The zero-order chi connectivity index (χ0) is 14.7. The topological polar surface area (TPSA) is 29.1 Å². The van der Waals surface area contributed by atoms with Gasteiger partial charge >= 0.3 is 0 Å². The fourth-order valence-electron chi connectivity index (χ4n) is 7.73. The average Bonchev–Trinajstić information content (AvgIpc) is 3.06. The third-order valence-corrected chi connectivity index (χ3v) is 8.16. The van der Waals surface area contributed by atoms with E-state index in [1.165, 1.54) is 64.2 Å². The van der Waals surface area contributed by atoms with Crippen LogP contribution in [-0.4, -0.2) is 12.5 Å². The lowest BCUT2D eigenvalue weighted by Crippen LogP contribution is -2.51. The van der Waals surface area contributed by atoms with Crippen molar-refractivity contribution in [3.05, 3.63) is 0 Å². The van der Waals surface area contributed by atoms with E-state index in [0.717, 1.165) is 48.5 Å². The van der Waals surface area contributed by atoms with Crippen molar-refractivity contribution < 1.29 is 4.79 Å². The summed E-state index contributed by atoms with van der Waals surface area (Å²) in [6, 6.07) is 0. The summed E-state index contributed by atoms with van der Waals surface area (Å²) in [5.74, 6) is 5.92. The Morgan fingerprint density at radius 2 is 1.55 bits per heavy atom. The maximum Gasteiger partial charge on any atom is 0.220 e. The van der Waals surface area contributed by atoms with Crippen molar-refractivity contribution in [3.8, 4) is 0 Å². The molecule has 0 aromatic carbocycles. The van der Waals surface area contributed by atoms with E-state index in [4.69, 9.17) is 0 Å². The van der Waals surface area contributed by atoms with Crippen LogP contribution < -0.4 is 5.32 Å². The zero-order valence-electron chi connectivity index (χ0n) is 13.9. The van der Waals surface area contributed by atoms with Crippen molar-refractivity contribution in [2.75, 3.05) is 6.54 Å². The molecule has 0 aromatic rings. The molecule has 0 aliphatic heterocycles. The Kier molecular flexibility index (Phi) is 3.14. The van der Waals surface area contributed by atoms with Crippen molar-refractivity contribution in [2.24, 2.45) is 40.9 Å². The summed E-state index contributed by atoms with van der Waals surface area (Å²) < 4.78 is 0. The molecule has 2 nitrogen and oxygen atoms in total. The summed E-state index contributed by atoms with van der Waals surface area (Å²) >= 11 is 0. The van der Waals surface area contributed by atoms with Crippen LogP contribution in [0.2, 0.25) is 0 Å². The second-order valence-corrected chi connectivity index (χ2v) is 9.83. The quantitative estimate of drug-likeness (QED) is 0.830. The number of hydrogen-bond acceptors (Lipinski definition) is 1. The van der Waals surface area contributed by atoms with Gasteiger partial charge in [-0.1, -0.05) is 6.42 Å². The molecule has 0 heterocycles. The number of rotatable bonds is 4. The number of hydrogen-bond donors (Lipinski definition) is 1. The van der Waals surface area contributed by atoms with Gasteiger partial charge in [-0.25, -0.2) is 0 Å². The summed E-state index contributed by atoms with van der Waals surface area (Å²) in [7, 11) is 0. The van der Waals surface area contributed by atoms with Crippen molar-refractivity contribution in [1.29, 1.82) is 0 Å². The molecule has 6 fully saturated rings. The lowest BCUT2D eigenvalue weighted by Gasteiger charge is -2.56. The molecule has 6 saturated carbocycles. The molecule has 6 aliphatic carbocycles. The molecule has 122 valence electrons. The Labute approximate surface area is 134 Å². The van der Waals surface area contributed by atoms with Gasteiger partial charge in [0.1, 0.15) is 0 Å². The molecule has 0 radical (unpaired) electrons. The number of carbonyl (C=O) groups excluding carboxylic acids is 1. The highest BCUT2D eigenvalue weighted by molar-refractivity contribution is 5.76. The van der Waals surface area contributed by atoms with Crippen LogP contribution in [0, 0.1) is 40.9 Å². The van der Waals surface area contributed by atoms with E-state index in [0.29, 0.717) is 11.3 Å². The van der Waals surface area contributed by atoms with Crippen molar-refractivity contribution in [1.82, 2.24) is 5.32 Å². The molecule has 0 saturated heterocycles. The van der Waals surface area contributed by atoms with Crippen molar-refractivity contribution in [3.63, 3.8) is 0 Å². The largest absolute Gasteiger partial charge is 0.356 e. The van der Waals surface area contributed by atoms with Crippen LogP contribution in [0.5, 0.6) is 0 Å². The highest BCUT2D eigenvalue weighted by Gasteiger charge is 2.50.